The first-order valence-electron chi connectivity index (χ1n) is 10.4. The van der Waals surface area contributed by atoms with Gasteiger partial charge >= 0.3 is 0 Å². The van der Waals surface area contributed by atoms with Gasteiger partial charge in [0.1, 0.15) is 5.82 Å². The van der Waals surface area contributed by atoms with Gasteiger partial charge in [0.15, 0.2) is 5.82 Å². The normalized spacial score (nSPS) is 14.2. The molecule has 0 spiro atoms. The van der Waals surface area contributed by atoms with Gasteiger partial charge < -0.3 is 5.73 Å². The summed E-state index contributed by atoms with van der Waals surface area (Å²) in [6, 6.07) is 15.8. The predicted molar refractivity (Wildman–Crippen MR) is 127 cm³/mol. The van der Waals surface area contributed by atoms with Crippen LogP contribution < -0.4 is 5.73 Å². The van der Waals surface area contributed by atoms with E-state index < -0.39 is 0 Å². The highest BCUT2D eigenvalue weighted by molar-refractivity contribution is 6.43. The van der Waals surface area contributed by atoms with Crippen LogP contribution in [0.4, 0.5) is 5.82 Å². The van der Waals surface area contributed by atoms with Crippen molar-refractivity contribution in [2.75, 3.05) is 18.8 Å². The van der Waals surface area contributed by atoms with Crippen LogP contribution in [0.5, 0.6) is 0 Å². The minimum absolute atomic E-state index is 0.330. The van der Waals surface area contributed by atoms with E-state index in [4.69, 9.17) is 28.9 Å². The average molecular weight is 466 g/mol. The third kappa shape index (κ3) is 4.07. The fraction of sp³-hybridized carbons (Fsp3) is 0.217. The van der Waals surface area contributed by atoms with E-state index in [1.165, 1.54) is 23.1 Å². The largest absolute Gasteiger partial charge is 0.383 e. The molecule has 32 heavy (non-hydrogen) atoms. The fourth-order valence-electron chi connectivity index (χ4n) is 4.03. The summed E-state index contributed by atoms with van der Waals surface area (Å²) < 4.78 is 1.52. The van der Waals surface area contributed by atoms with Crippen LogP contribution in [-0.2, 0) is 6.54 Å². The van der Waals surface area contributed by atoms with Crippen LogP contribution >= 0.6 is 23.2 Å². The topological polar surface area (TPSA) is 85.8 Å². The van der Waals surface area contributed by atoms with Gasteiger partial charge in [-0.05, 0) is 71.8 Å². The molecule has 5 rings (SSSR count). The molecule has 7 nitrogen and oxygen atoms in total. The standard InChI is InChI=1S/C23H21Cl2N7/c24-19-7-4-8-20(21(19)25)32-23(28-29-30-32)18-12-17(13-27-22(18)26)16-6-3-5-15(11-16)14-31-9-1-2-10-31/h3-8,11-13H,1-2,9-10,14H2,(H2,26,27). The van der Waals surface area contributed by atoms with Crippen LogP contribution in [0.3, 0.4) is 0 Å². The highest BCUT2D eigenvalue weighted by atomic mass is 35.5. The number of rotatable bonds is 5. The van der Waals surface area contributed by atoms with Gasteiger partial charge in [0.25, 0.3) is 0 Å². The molecule has 1 aliphatic rings. The second-order valence-corrected chi connectivity index (χ2v) is 8.61. The van der Waals surface area contributed by atoms with Gasteiger partial charge in [-0.2, -0.15) is 4.68 Å². The molecule has 2 aromatic heterocycles. The van der Waals surface area contributed by atoms with Gasteiger partial charge in [0, 0.05) is 18.3 Å². The van der Waals surface area contributed by atoms with Gasteiger partial charge in [-0.3, -0.25) is 4.90 Å². The van der Waals surface area contributed by atoms with Crippen LogP contribution in [0.1, 0.15) is 18.4 Å². The molecule has 162 valence electrons. The van der Waals surface area contributed by atoms with Gasteiger partial charge in [0.05, 0.1) is 21.3 Å². The lowest BCUT2D eigenvalue weighted by Crippen LogP contribution is -2.18. The van der Waals surface area contributed by atoms with E-state index in [0.717, 1.165) is 30.8 Å². The lowest BCUT2D eigenvalue weighted by atomic mass is 10.0. The fourth-order valence-corrected chi connectivity index (χ4v) is 4.41. The first kappa shape index (κ1) is 20.9. The lowest BCUT2D eigenvalue weighted by molar-refractivity contribution is 0.331. The van der Waals surface area contributed by atoms with E-state index in [9.17, 15) is 0 Å². The number of nitrogens with two attached hydrogens (primary N) is 1. The summed E-state index contributed by atoms with van der Waals surface area (Å²) in [7, 11) is 0. The van der Waals surface area contributed by atoms with Crippen molar-refractivity contribution in [2.24, 2.45) is 0 Å². The van der Waals surface area contributed by atoms with Crippen LogP contribution in [0.15, 0.2) is 54.7 Å². The maximum absolute atomic E-state index is 6.40. The summed E-state index contributed by atoms with van der Waals surface area (Å²) in [6.45, 7) is 3.27. The zero-order chi connectivity index (χ0) is 22.1. The van der Waals surface area contributed by atoms with Crippen molar-refractivity contribution < 1.29 is 0 Å². The molecular weight excluding hydrogens is 445 g/mol. The Morgan fingerprint density at radius 2 is 1.78 bits per heavy atom. The quantitative estimate of drug-likeness (QED) is 0.452. The molecular formula is C23H21Cl2N7. The van der Waals surface area contributed by atoms with E-state index in [0.29, 0.717) is 32.9 Å². The molecule has 1 fully saturated rings. The monoisotopic (exact) mass is 465 g/mol. The molecule has 0 unspecified atom stereocenters. The average Bonchev–Trinajstić information content (AvgIpc) is 3.48. The molecule has 4 aromatic rings. The van der Waals surface area contributed by atoms with Crippen LogP contribution in [0.25, 0.3) is 28.2 Å². The molecule has 0 radical (unpaired) electrons. The number of hydrogen-bond acceptors (Lipinski definition) is 6. The van der Waals surface area contributed by atoms with Crippen LogP contribution in [-0.4, -0.2) is 43.2 Å². The number of pyridine rings is 1. The van der Waals surface area contributed by atoms with E-state index >= 15 is 0 Å². The van der Waals surface area contributed by atoms with Crippen molar-refractivity contribution >= 4 is 29.0 Å². The Labute approximate surface area is 195 Å². The van der Waals surface area contributed by atoms with Gasteiger partial charge in [0.2, 0.25) is 0 Å². The Bertz CT molecular complexity index is 1260. The SMILES string of the molecule is Nc1ncc(-c2cccc(CN3CCCC3)c2)cc1-c1nnnn1-c1cccc(Cl)c1Cl. The number of nitrogens with zero attached hydrogens (tertiary/aromatic N) is 6. The number of anilines is 1. The van der Waals surface area contributed by atoms with Gasteiger partial charge in [-0.1, -0.05) is 47.5 Å². The Balaban J connectivity index is 1.53. The van der Waals surface area contributed by atoms with E-state index in [-0.39, 0.29) is 0 Å². The molecule has 0 atom stereocenters. The highest BCUT2D eigenvalue weighted by Crippen LogP contribution is 2.33. The Kier molecular flexibility index (Phi) is 5.78. The van der Waals surface area contributed by atoms with E-state index in [1.807, 2.05) is 6.07 Å². The van der Waals surface area contributed by atoms with Crippen LogP contribution in [0.2, 0.25) is 10.0 Å². The molecule has 2 N–H and O–H groups in total. The first-order valence-corrected chi connectivity index (χ1v) is 11.2. The lowest BCUT2D eigenvalue weighted by Gasteiger charge is -2.15. The maximum Gasteiger partial charge on any atom is 0.190 e. The number of likely N-dealkylation sites (tertiary alicyclic amines) is 1. The van der Waals surface area contributed by atoms with Gasteiger partial charge in [-0.25, -0.2) is 4.98 Å². The molecule has 0 amide bonds. The smallest absolute Gasteiger partial charge is 0.190 e. The highest BCUT2D eigenvalue weighted by Gasteiger charge is 2.19. The summed E-state index contributed by atoms with van der Waals surface area (Å²) in [6.07, 6.45) is 4.32. The molecule has 1 aliphatic heterocycles. The third-order valence-electron chi connectivity index (χ3n) is 5.65. The number of tetrazole rings is 1. The summed E-state index contributed by atoms with van der Waals surface area (Å²) in [5.74, 6) is 0.769. The van der Waals surface area contributed by atoms with Gasteiger partial charge in [-0.15, -0.1) is 5.10 Å². The van der Waals surface area contributed by atoms with Crippen molar-refractivity contribution in [3.63, 3.8) is 0 Å². The molecule has 2 aromatic carbocycles. The predicted octanol–water partition coefficient (Wildman–Crippen LogP) is 4.88. The van der Waals surface area contributed by atoms with E-state index in [2.05, 4.69) is 49.7 Å². The van der Waals surface area contributed by atoms with Crippen molar-refractivity contribution in [1.82, 2.24) is 30.1 Å². The van der Waals surface area contributed by atoms with Crippen molar-refractivity contribution in [3.05, 3.63) is 70.3 Å². The van der Waals surface area contributed by atoms with E-state index in [1.54, 1.807) is 24.4 Å². The van der Waals surface area contributed by atoms with Crippen molar-refractivity contribution in [3.8, 4) is 28.2 Å². The number of benzene rings is 2. The maximum atomic E-state index is 6.40. The molecule has 1 saturated heterocycles. The second-order valence-electron chi connectivity index (χ2n) is 7.83. The summed E-state index contributed by atoms with van der Waals surface area (Å²) in [5.41, 5.74) is 10.7. The molecule has 3 heterocycles. The minimum atomic E-state index is 0.330. The molecule has 9 heteroatoms. The number of halogens is 2. The summed E-state index contributed by atoms with van der Waals surface area (Å²) >= 11 is 12.6. The Hall–Kier alpha value is -3.00. The third-order valence-corrected chi connectivity index (χ3v) is 6.46. The van der Waals surface area contributed by atoms with Crippen LogP contribution in [0, 0.1) is 0 Å². The molecule has 0 bridgehead atoms. The molecule has 0 saturated carbocycles. The number of hydrogen-bond donors (Lipinski definition) is 1. The number of nitrogen functional groups attached to an aromatic ring is 1. The van der Waals surface area contributed by atoms with Crippen molar-refractivity contribution in [2.45, 2.75) is 19.4 Å². The minimum Gasteiger partial charge on any atom is -0.383 e. The first-order chi connectivity index (χ1) is 15.6. The Morgan fingerprint density at radius 3 is 2.62 bits per heavy atom. The number of aromatic nitrogens is 5. The molecule has 0 aliphatic carbocycles. The second kappa shape index (κ2) is 8.86. The summed E-state index contributed by atoms with van der Waals surface area (Å²) in [5, 5.41) is 12.9. The zero-order valence-corrected chi connectivity index (χ0v) is 18.8. The van der Waals surface area contributed by atoms with Crippen molar-refractivity contribution in [1.29, 1.82) is 0 Å². The summed E-state index contributed by atoms with van der Waals surface area (Å²) in [4.78, 5) is 6.90. The Morgan fingerprint density at radius 1 is 0.969 bits per heavy atom. The zero-order valence-electron chi connectivity index (χ0n) is 17.2.